The first-order valence-electron chi connectivity index (χ1n) is 8.84. The fourth-order valence-corrected chi connectivity index (χ4v) is 2.92. The van der Waals surface area contributed by atoms with Crippen LogP contribution in [0, 0.1) is 0 Å². The Bertz CT molecular complexity index is 1080. The number of carbonyl (C=O) groups excluding carboxylic acids is 1. The van der Waals surface area contributed by atoms with Gasteiger partial charge >= 0.3 is 0 Å². The Balaban J connectivity index is 1.77. The van der Waals surface area contributed by atoms with Crippen molar-refractivity contribution in [2.75, 3.05) is 11.9 Å². The zero-order chi connectivity index (χ0) is 19.5. The zero-order valence-corrected chi connectivity index (χ0v) is 15.1. The van der Waals surface area contributed by atoms with Crippen LogP contribution >= 0.6 is 0 Å². The van der Waals surface area contributed by atoms with E-state index in [0.717, 1.165) is 16.8 Å². The third kappa shape index (κ3) is 3.25. The number of nitrogens with zero attached hydrogens (tertiary/aromatic N) is 2. The maximum atomic E-state index is 12.5. The number of carbonyl (C=O) groups is 1. The Labute approximate surface area is 161 Å². The number of aromatic hydroxyl groups is 1. The van der Waals surface area contributed by atoms with Crippen LogP contribution in [0.2, 0.25) is 0 Å². The molecule has 28 heavy (non-hydrogen) atoms. The van der Waals surface area contributed by atoms with Crippen molar-refractivity contribution in [2.24, 2.45) is 4.99 Å². The van der Waals surface area contributed by atoms with Gasteiger partial charge < -0.3 is 20.2 Å². The lowest BCUT2D eigenvalue weighted by Crippen LogP contribution is -2.23. The summed E-state index contributed by atoms with van der Waals surface area (Å²) < 4.78 is 5.81. The molecule has 1 aromatic carbocycles. The van der Waals surface area contributed by atoms with E-state index >= 15 is 0 Å². The van der Waals surface area contributed by atoms with E-state index in [0.29, 0.717) is 12.4 Å². The number of nitrogens with one attached hydrogen (secondary N) is 2. The van der Waals surface area contributed by atoms with Crippen molar-refractivity contribution in [3.8, 4) is 5.75 Å². The second-order valence-corrected chi connectivity index (χ2v) is 6.10. The number of aliphatic imine (C=N–C) groups is 1. The van der Waals surface area contributed by atoms with E-state index in [9.17, 15) is 9.90 Å². The third-order valence-electron chi connectivity index (χ3n) is 4.22. The van der Waals surface area contributed by atoms with Gasteiger partial charge in [0.2, 0.25) is 5.88 Å². The normalized spacial score (nSPS) is 13.5. The number of furan rings is 1. The molecule has 0 fully saturated rings. The first kappa shape index (κ1) is 17.5. The van der Waals surface area contributed by atoms with Crippen molar-refractivity contribution >= 4 is 41.2 Å². The van der Waals surface area contributed by atoms with Crippen LogP contribution < -0.4 is 10.6 Å². The summed E-state index contributed by atoms with van der Waals surface area (Å²) in [6.45, 7) is 2.23. The molecular formula is C21H18N4O3. The van der Waals surface area contributed by atoms with Crippen molar-refractivity contribution in [1.82, 2.24) is 10.3 Å². The molecule has 7 heteroatoms. The molecular weight excluding hydrogens is 356 g/mol. The maximum absolute atomic E-state index is 12.5. The van der Waals surface area contributed by atoms with Crippen molar-refractivity contribution in [1.29, 1.82) is 0 Å². The first-order chi connectivity index (χ1) is 13.7. The minimum absolute atomic E-state index is 0.0545. The molecule has 0 radical (unpaired) electrons. The molecule has 4 rings (SSSR count). The molecule has 3 heterocycles. The molecule has 0 atom stereocenters. The number of allylic oxidation sites excluding steroid dienone is 1. The summed E-state index contributed by atoms with van der Waals surface area (Å²) in [5.41, 5.74) is 2.35. The summed E-state index contributed by atoms with van der Waals surface area (Å²) in [6.07, 6.45) is 4.96. The van der Waals surface area contributed by atoms with Gasteiger partial charge in [0, 0.05) is 35.8 Å². The summed E-state index contributed by atoms with van der Waals surface area (Å²) in [5, 5.41) is 16.4. The summed E-state index contributed by atoms with van der Waals surface area (Å²) in [4.78, 5) is 20.9. The van der Waals surface area contributed by atoms with E-state index in [1.807, 2.05) is 42.5 Å². The average molecular weight is 374 g/mol. The molecule has 1 aliphatic heterocycles. The largest absolute Gasteiger partial charge is 0.504 e. The molecule has 140 valence electrons. The van der Waals surface area contributed by atoms with E-state index < -0.39 is 5.91 Å². The number of hydrogen-bond donors (Lipinski definition) is 3. The Morgan fingerprint density at radius 1 is 1.21 bits per heavy atom. The number of pyridine rings is 1. The van der Waals surface area contributed by atoms with Crippen LogP contribution in [-0.4, -0.2) is 28.8 Å². The van der Waals surface area contributed by atoms with E-state index in [1.165, 1.54) is 0 Å². The Morgan fingerprint density at radius 2 is 2.04 bits per heavy atom. The van der Waals surface area contributed by atoms with Gasteiger partial charge in [-0.1, -0.05) is 18.2 Å². The monoisotopic (exact) mass is 374 g/mol. The SMILES string of the molecule is CCNC(=O)c1c(Nc2ccccc2)oc(/C=C2\C=Nc3ncccc32)c1O. The molecule has 3 N–H and O–H groups in total. The summed E-state index contributed by atoms with van der Waals surface area (Å²) in [5.74, 6) is 0.281. The number of rotatable bonds is 5. The minimum Gasteiger partial charge on any atom is -0.504 e. The molecule has 0 saturated carbocycles. The van der Waals surface area contributed by atoms with Crippen LogP contribution in [0.25, 0.3) is 11.6 Å². The summed E-state index contributed by atoms with van der Waals surface area (Å²) >= 11 is 0. The van der Waals surface area contributed by atoms with Gasteiger partial charge in [0.1, 0.15) is 5.56 Å². The molecule has 0 bridgehead atoms. The Kier molecular flexibility index (Phi) is 4.63. The summed E-state index contributed by atoms with van der Waals surface area (Å²) in [7, 11) is 0. The van der Waals surface area contributed by atoms with Gasteiger partial charge in [0.05, 0.1) is 0 Å². The topological polar surface area (TPSA) is 99.8 Å². The number of para-hydroxylation sites is 1. The quantitative estimate of drug-likeness (QED) is 0.623. The Morgan fingerprint density at radius 3 is 2.82 bits per heavy atom. The number of aromatic nitrogens is 1. The first-order valence-corrected chi connectivity index (χ1v) is 8.84. The molecule has 2 aromatic heterocycles. The molecule has 1 aliphatic rings. The third-order valence-corrected chi connectivity index (χ3v) is 4.22. The van der Waals surface area contributed by atoms with Crippen molar-refractivity contribution in [2.45, 2.75) is 6.92 Å². The Hall–Kier alpha value is -3.87. The van der Waals surface area contributed by atoms with Crippen LogP contribution in [-0.2, 0) is 0 Å². The second-order valence-electron chi connectivity index (χ2n) is 6.10. The van der Waals surface area contributed by atoms with E-state index in [4.69, 9.17) is 4.42 Å². The van der Waals surface area contributed by atoms with Gasteiger partial charge in [0.15, 0.2) is 17.3 Å². The molecule has 0 aliphatic carbocycles. The minimum atomic E-state index is -0.422. The van der Waals surface area contributed by atoms with E-state index in [2.05, 4.69) is 20.6 Å². The van der Waals surface area contributed by atoms with Gasteiger partial charge in [-0.25, -0.2) is 9.98 Å². The standard InChI is InChI=1S/C21H18N4O3/c1-2-22-20(27)17-18(26)16(28-21(17)25-14-7-4-3-5-8-14)11-13-12-24-19-15(13)9-6-10-23-19/h3-12,25-26H,2H2,1H3,(H,22,27)/b13-11+. The fourth-order valence-electron chi connectivity index (χ4n) is 2.92. The van der Waals surface area contributed by atoms with Gasteiger partial charge in [0.25, 0.3) is 5.91 Å². The number of anilines is 2. The van der Waals surface area contributed by atoms with Gasteiger partial charge in [-0.15, -0.1) is 0 Å². The van der Waals surface area contributed by atoms with Gasteiger partial charge in [-0.2, -0.15) is 0 Å². The number of amides is 1. The molecule has 0 unspecified atom stereocenters. The predicted molar refractivity (Wildman–Crippen MR) is 108 cm³/mol. The second kappa shape index (κ2) is 7.40. The highest BCUT2D eigenvalue weighted by molar-refractivity contribution is 6.21. The lowest BCUT2D eigenvalue weighted by atomic mass is 10.1. The molecule has 0 spiro atoms. The van der Waals surface area contributed by atoms with Crippen LogP contribution in [0.5, 0.6) is 5.75 Å². The van der Waals surface area contributed by atoms with Crippen molar-refractivity contribution in [3.05, 3.63) is 65.5 Å². The van der Waals surface area contributed by atoms with Crippen LogP contribution in [0.1, 0.15) is 28.6 Å². The zero-order valence-electron chi connectivity index (χ0n) is 15.1. The van der Waals surface area contributed by atoms with Crippen molar-refractivity contribution < 1.29 is 14.3 Å². The van der Waals surface area contributed by atoms with E-state index in [-0.39, 0.29) is 23.0 Å². The highest BCUT2D eigenvalue weighted by Crippen LogP contribution is 2.38. The molecule has 1 amide bonds. The van der Waals surface area contributed by atoms with E-state index in [1.54, 1.807) is 25.4 Å². The lowest BCUT2D eigenvalue weighted by molar-refractivity contribution is 0.0954. The highest BCUT2D eigenvalue weighted by Gasteiger charge is 2.26. The van der Waals surface area contributed by atoms with Gasteiger partial charge in [-0.3, -0.25) is 4.79 Å². The number of benzene rings is 1. The highest BCUT2D eigenvalue weighted by atomic mass is 16.4. The van der Waals surface area contributed by atoms with Gasteiger partial charge in [-0.05, 0) is 37.3 Å². The predicted octanol–water partition coefficient (Wildman–Crippen LogP) is 4.13. The molecule has 7 nitrogen and oxygen atoms in total. The van der Waals surface area contributed by atoms with Crippen LogP contribution in [0.3, 0.4) is 0 Å². The molecule has 0 saturated heterocycles. The lowest BCUT2D eigenvalue weighted by Gasteiger charge is -2.06. The maximum Gasteiger partial charge on any atom is 0.260 e. The van der Waals surface area contributed by atoms with Crippen molar-refractivity contribution in [3.63, 3.8) is 0 Å². The van der Waals surface area contributed by atoms with Crippen LogP contribution in [0.4, 0.5) is 17.4 Å². The smallest absolute Gasteiger partial charge is 0.260 e. The van der Waals surface area contributed by atoms with Crippen LogP contribution in [0.15, 0.2) is 58.1 Å². The fraction of sp³-hybridized carbons (Fsp3) is 0.0952. The average Bonchev–Trinajstić information content (AvgIpc) is 3.24. The summed E-state index contributed by atoms with van der Waals surface area (Å²) in [6, 6.07) is 13.0. The molecule has 3 aromatic rings. The number of fused-ring (bicyclic) bond motifs is 1. The number of hydrogen-bond acceptors (Lipinski definition) is 6.